The number of hydrogen-bond acceptors (Lipinski definition) is 3. The van der Waals surface area contributed by atoms with Crippen LogP contribution in [0.1, 0.15) is 34.8 Å². The van der Waals surface area contributed by atoms with Gasteiger partial charge in [-0.15, -0.1) is 0 Å². The van der Waals surface area contributed by atoms with Crippen molar-refractivity contribution < 1.29 is 9.53 Å². The summed E-state index contributed by atoms with van der Waals surface area (Å²) in [7, 11) is 3.47. The third-order valence-electron chi connectivity index (χ3n) is 3.44. The lowest BCUT2D eigenvalue weighted by Gasteiger charge is -2.07. The largest absolute Gasteiger partial charge is 0.479 e. The smallest absolute Gasteiger partial charge is 0.238 e. The molecule has 0 atom stereocenters. The Morgan fingerprint density at radius 2 is 2.29 bits per heavy atom. The van der Waals surface area contributed by atoms with Crippen molar-refractivity contribution in [3.63, 3.8) is 0 Å². The van der Waals surface area contributed by atoms with Crippen LogP contribution in [0, 0.1) is 0 Å². The zero-order valence-electron chi connectivity index (χ0n) is 9.93. The first kappa shape index (κ1) is 10.3. The standard InChI is InChI=1S/C13H14N2O2/c1-15-9(7-16)5-10-11(8-3-4-8)6-14-13(17-2)12(10)15/h5-8H,3-4H2,1-2H3. The molecule has 1 aliphatic carbocycles. The van der Waals surface area contributed by atoms with E-state index in [4.69, 9.17) is 4.74 Å². The minimum atomic E-state index is 0.583. The molecule has 2 aromatic heterocycles. The second-order valence-electron chi connectivity index (χ2n) is 4.51. The number of rotatable bonds is 3. The summed E-state index contributed by atoms with van der Waals surface area (Å²) in [5.74, 6) is 1.19. The molecule has 0 spiro atoms. The van der Waals surface area contributed by atoms with Gasteiger partial charge in [-0.2, -0.15) is 0 Å². The van der Waals surface area contributed by atoms with Crippen molar-refractivity contribution in [3.8, 4) is 5.88 Å². The van der Waals surface area contributed by atoms with Gasteiger partial charge in [0.25, 0.3) is 0 Å². The summed E-state index contributed by atoms with van der Waals surface area (Å²) in [4.78, 5) is 15.3. The number of pyridine rings is 1. The van der Waals surface area contributed by atoms with Crippen LogP contribution in [0.4, 0.5) is 0 Å². The van der Waals surface area contributed by atoms with E-state index >= 15 is 0 Å². The Kier molecular flexibility index (Phi) is 2.18. The van der Waals surface area contributed by atoms with Crippen molar-refractivity contribution in [1.82, 2.24) is 9.55 Å². The normalized spacial score (nSPS) is 15.2. The number of ether oxygens (including phenoxy) is 1. The third kappa shape index (κ3) is 1.44. The van der Waals surface area contributed by atoms with Gasteiger partial charge in [0.2, 0.25) is 5.88 Å². The molecule has 0 amide bonds. The van der Waals surface area contributed by atoms with Crippen LogP contribution in [0.5, 0.6) is 5.88 Å². The number of aromatic nitrogens is 2. The lowest BCUT2D eigenvalue weighted by atomic mass is 10.1. The molecule has 1 saturated carbocycles. The van der Waals surface area contributed by atoms with Gasteiger partial charge in [0.1, 0.15) is 5.52 Å². The zero-order chi connectivity index (χ0) is 12.0. The fraction of sp³-hybridized carbons (Fsp3) is 0.385. The molecule has 17 heavy (non-hydrogen) atoms. The first-order valence-corrected chi connectivity index (χ1v) is 5.73. The minimum absolute atomic E-state index is 0.583. The molecule has 3 rings (SSSR count). The Labute approximate surface area is 99.2 Å². The molecule has 0 unspecified atom stereocenters. The van der Waals surface area contributed by atoms with Crippen LogP contribution >= 0.6 is 0 Å². The quantitative estimate of drug-likeness (QED) is 0.760. The molecular weight excluding hydrogens is 216 g/mol. The molecule has 88 valence electrons. The van der Waals surface area contributed by atoms with Crippen molar-refractivity contribution in [2.45, 2.75) is 18.8 Å². The molecular formula is C13H14N2O2. The maximum absolute atomic E-state index is 11.0. The maximum Gasteiger partial charge on any atom is 0.238 e. The Morgan fingerprint density at radius 1 is 1.53 bits per heavy atom. The number of aldehydes is 1. The molecule has 2 aromatic rings. The molecule has 0 bridgehead atoms. The molecule has 1 aliphatic rings. The number of nitrogens with zero attached hydrogens (tertiary/aromatic N) is 2. The van der Waals surface area contributed by atoms with Crippen LogP contribution < -0.4 is 4.74 Å². The summed E-state index contributed by atoms with van der Waals surface area (Å²) >= 11 is 0. The molecule has 4 heteroatoms. The summed E-state index contributed by atoms with van der Waals surface area (Å²) in [5.41, 5.74) is 2.82. The number of fused-ring (bicyclic) bond motifs is 1. The predicted octanol–water partition coefficient (Wildman–Crippen LogP) is 2.27. The fourth-order valence-corrected chi connectivity index (χ4v) is 2.34. The average molecular weight is 230 g/mol. The summed E-state index contributed by atoms with van der Waals surface area (Å²) in [6.07, 6.45) is 5.19. The number of methoxy groups -OCH3 is 1. The van der Waals surface area contributed by atoms with Gasteiger partial charge in [-0.3, -0.25) is 4.79 Å². The second kappa shape index (κ2) is 3.58. The van der Waals surface area contributed by atoms with Crippen LogP contribution in [0.3, 0.4) is 0 Å². The highest BCUT2D eigenvalue weighted by atomic mass is 16.5. The Bertz CT molecular complexity index is 597. The molecule has 2 heterocycles. The lowest BCUT2D eigenvalue weighted by Crippen LogP contribution is -1.98. The number of carbonyl (C=O) groups is 1. The first-order valence-electron chi connectivity index (χ1n) is 5.73. The van der Waals surface area contributed by atoms with Gasteiger partial charge in [0, 0.05) is 18.6 Å². The van der Waals surface area contributed by atoms with Crippen molar-refractivity contribution in [3.05, 3.63) is 23.5 Å². The fourth-order valence-electron chi connectivity index (χ4n) is 2.34. The molecule has 0 N–H and O–H groups in total. The molecule has 0 aliphatic heterocycles. The van der Waals surface area contributed by atoms with Crippen molar-refractivity contribution in [2.24, 2.45) is 7.05 Å². The molecule has 0 aromatic carbocycles. The molecule has 0 saturated heterocycles. The van der Waals surface area contributed by atoms with Crippen LogP contribution in [0.15, 0.2) is 12.3 Å². The van der Waals surface area contributed by atoms with Gasteiger partial charge < -0.3 is 9.30 Å². The van der Waals surface area contributed by atoms with E-state index in [1.807, 2.05) is 23.9 Å². The summed E-state index contributed by atoms with van der Waals surface area (Å²) < 4.78 is 7.12. The van der Waals surface area contributed by atoms with Crippen molar-refractivity contribution >= 4 is 17.2 Å². The molecule has 0 radical (unpaired) electrons. The van der Waals surface area contributed by atoms with Crippen LogP contribution in [0.25, 0.3) is 10.9 Å². The monoisotopic (exact) mass is 230 g/mol. The van der Waals surface area contributed by atoms with E-state index in [0.29, 0.717) is 17.5 Å². The Balaban J connectivity index is 2.36. The average Bonchev–Trinajstić information content (AvgIpc) is 3.13. The van der Waals surface area contributed by atoms with Crippen LogP contribution in [-0.2, 0) is 7.05 Å². The Hall–Kier alpha value is -1.84. The first-order chi connectivity index (χ1) is 8.26. The van der Waals surface area contributed by atoms with Crippen LogP contribution in [0.2, 0.25) is 0 Å². The molecule has 1 fully saturated rings. The van der Waals surface area contributed by atoms with Gasteiger partial charge >= 0.3 is 0 Å². The highest BCUT2D eigenvalue weighted by molar-refractivity contribution is 5.94. The van der Waals surface area contributed by atoms with E-state index in [1.165, 1.54) is 18.4 Å². The second-order valence-corrected chi connectivity index (χ2v) is 4.51. The predicted molar refractivity (Wildman–Crippen MR) is 64.6 cm³/mol. The summed E-state index contributed by atoms with van der Waals surface area (Å²) in [5, 5.41) is 1.10. The van der Waals surface area contributed by atoms with Gasteiger partial charge in [-0.25, -0.2) is 4.98 Å². The third-order valence-corrected chi connectivity index (χ3v) is 3.44. The lowest BCUT2D eigenvalue weighted by molar-refractivity contribution is 0.111. The number of aryl methyl sites for hydroxylation is 1. The maximum atomic E-state index is 11.0. The Morgan fingerprint density at radius 3 is 2.88 bits per heavy atom. The minimum Gasteiger partial charge on any atom is -0.479 e. The topological polar surface area (TPSA) is 44.1 Å². The van der Waals surface area contributed by atoms with E-state index in [0.717, 1.165) is 17.2 Å². The van der Waals surface area contributed by atoms with Gasteiger partial charge in [0.05, 0.1) is 12.8 Å². The highest BCUT2D eigenvalue weighted by Crippen LogP contribution is 2.44. The number of hydrogen-bond donors (Lipinski definition) is 0. The van der Waals surface area contributed by atoms with Crippen molar-refractivity contribution in [2.75, 3.05) is 7.11 Å². The van der Waals surface area contributed by atoms with Gasteiger partial charge in [-0.1, -0.05) is 0 Å². The van der Waals surface area contributed by atoms with Gasteiger partial charge in [0.15, 0.2) is 6.29 Å². The zero-order valence-corrected chi connectivity index (χ0v) is 9.93. The van der Waals surface area contributed by atoms with E-state index < -0.39 is 0 Å². The van der Waals surface area contributed by atoms with Gasteiger partial charge in [-0.05, 0) is 30.4 Å². The van der Waals surface area contributed by atoms with Crippen molar-refractivity contribution in [1.29, 1.82) is 0 Å². The van der Waals surface area contributed by atoms with E-state index in [1.54, 1.807) is 7.11 Å². The molecule has 4 nitrogen and oxygen atoms in total. The number of carbonyl (C=O) groups excluding carboxylic acids is 1. The highest BCUT2D eigenvalue weighted by Gasteiger charge is 2.28. The summed E-state index contributed by atoms with van der Waals surface area (Å²) in [6.45, 7) is 0. The van der Waals surface area contributed by atoms with E-state index in [-0.39, 0.29) is 0 Å². The van der Waals surface area contributed by atoms with E-state index in [2.05, 4.69) is 4.98 Å². The summed E-state index contributed by atoms with van der Waals surface area (Å²) in [6, 6.07) is 1.93. The van der Waals surface area contributed by atoms with Crippen LogP contribution in [-0.4, -0.2) is 22.9 Å². The van der Waals surface area contributed by atoms with E-state index in [9.17, 15) is 4.79 Å². The SMILES string of the molecule is COc1ncc(C2CC2)c2cc(C=O)n(C)c12.